The summed E-state index contributed by atoms with van der Waals surface area (Å²) in [5.41, 5.74) is 3.82. The smallest absolute Gasteiger partial charge is 0.303 e. The lowest BCUT2D eigenvalue weighted by atomic mass is 9.98. The molecular formula is C12H16O2. The van der Waals surface area contributed by atoms with Crippen LogP contribution in [0.25, 0.3) is 0 Å². The summed E-state index contributed by atoms with van der Waals surface area (Å²) in [6, 6.07) is 6.18. The molecule has 0 aliphatic carbocycles. The van der Waals surface area contributed by atoms with Crippen molar-refractivity contribution in [3.8, 4) is 0 Å². The number of hydrogen-bond acceptors (Lipinski definition) is 1. The fourth-order valence-corrected chi connectivity index (χ4v) is 1.66. The van der Waals surface area contributed by atoms with Gasteiger partial charge in [-0.25, -0.2) is 0 Å². The SMILES string of the molecule is Cc1cccc(C)c1CCCC(=O)O. The third-order valence-corrected chi connectivity index (χ3v) is 2.46. The molecule has 2 nitrogen and oxygen atoms in total. The van der Waals surface area contributed by atoms with E-state index in [2.05, 4.69) is 26.0 Å². The van der Waals surface area contributed by atoms with Crippen molar-refractivity contribution < 1.29 is 9.90 Å². The van der Waals surface area contributed by atoms with Gasteiger partial charge in [-0.1, -0.05) is 18.2 Å². The fourth-order valence-electron chi connectivity index (χ4n) is 1.66. The molecule has 1 N–H and O–H groups in total. The van der Waals surface area contributed by atoms with Gasteiger partial charge in [0.05, 0.1) is 0 Å². The Morgan fingerprint density at radius 2 is 1.86 bits per heavy atom. The minimum Gasteiger partial charge on any atom is -0.481 e. The number of carboxylic acid groups (broad SMARTS) is 1. The zero-order chi connectivity index (χ0) is 10.6. The lowest BCUT2D eigenvalue weighted by Crippen LogP contribution is -1.98. The van der Waals surface area contributed by atoms with Crippen molar-refractivity contribution in [2.75, 3.05) is 0 Å². The standard InChI is InChI=1S/C12H16O2/c1-9-5-3-6-10(2)11(9)7-4-8-12(13)14/h3,5-6H,4,7-8H2,1-2H3,(H,13,14). The number of benzene rings is 1. The molecule has 0 fully saturated rings. The molecule has 0 aliphatic heterocycles. The molecule has 0 heterocycles. The predicted octanol–water partition coefficient (Wildman–Crippen LogP) is 2.71. The van der Waals surface area contributed by atoms with Crippen molar-refractivity contribution in [2.45, 2.75) is 33.1 Å². The number of rotatable bonds is 4. The number of carbonyl (C=O) groups is 1. The van der Waals surface area contributed by atoms with Gasteiger partial charge in [0.15, 0.2) is 0 Å². The zero-order valence-electron chi connectivity index (χ0n) is 8.71. The van der Waals surface area contributed by atoms with Crippen molar-refractivity contribution >= 4 is 5.97 Å². The molecule has 14 heavy (non-hydrogen) atoms. The van der Waals surface area contributed by atoms with Gasteiger partial charge in [0.25, 0.3) is 0 Å². The monoisotopic (exact) mass is 192 g/mol. The molecule has 0 bridgehead atoms. The van der Waals surface area contributed by atoms with Crippen molar-refractivity contribution in [1.82, 2.24) is 0 Å². The third-order valence-electron chi connectivity index (χ3n) is 2.46. The van der Waals surface area contributed by atoms with Crippen LogP contribution in [0.4, 0.5) is 0 Å². The Bertz CT molecular complexity index is 309. The van der Waals surface area contributed by atoms with Crippen molar-refractivity contribution in [3.63, 3.8) is 0 Å². The van der Waals surface area contributed by atoms with E-state index >= 15 is 0 Å². The van der Waals surface area contributed by atoms with Gasteiger partial charge < -0.3 is 5.11 Å². The molecule has 0 saturated carbocycles. The summed E-state index contributed by atoms with van der Waals surface area (Å²) < 4.78 is 0. The van der Waals surface area contributed by atoms with E-state index in [0.29, 0.717) is 0 Å². The Kier molecular flexibility index (Phi) is 3.69. The molecular weight excluding hydrogens is 176 g/mol. The summed E-state index contributed by atoms with van der Waals surface area (Å²) >= 11 is 0. The predicted molar refractivity (Wildman–Crippen MR) is 56.5 cm³/mol. The van der Waals surface area contributed by atoms with E-state index < -0.39 is 5.97 Å². The van der Waals surface area contributed by atoms with E-state index in [1.165, 1.54) is 16.7 Å². The minimum atomic E-state index is -0.712. The molecule has 76 valence electrons. The highest BCUT2D eigenvalue weighted by atomic mass is 16.4. The van der Waals surface area contributed by atoms with Crippen LogP contribution in [0.3, 0.4) is 0 Å². The summed E-state index contributed by atoms with van der Waals surface area (Å²) in [6.07, 6.45) is 1.85. The van der Waals surface area contributed by atoms with Crippen molar-refractivity contribution in [1.29, 1.82) is 0 Å². The third kappa shape index (κ3) is 2.87. The number of aliphatic carboxylic acids is 1. The summed E-state index contributed by atoms with van der Waals surface area (Å²) in [7, 11) is 0. The maximum atomic E-state index is 10.4. The Morgan fingerprint density at radius 3 is 2.36 bits per heavy atom. The van der Waals surface area contributed by atoms with Crippen LogP contribution >= 0.6 is 0 Å². The number of carboxylic acids is 1. The molecule has 2 heteroatoms. The van der Waals surface area contributed by atoms with Gasteiger partial charge in [-0.15, -0.1) is 0 Å². The van der Waals surface area contributed by atoms with Crippen LogP contribution in [-0.4, -0.2) is 11.1 Å². The maximum Gasteiger partial charge on any atom is 0.303 e. The van der Waals surface area contributed by atoms with Crippen molar-refractivity contribution in [2.24, 2.45) is 0 Å². The second kappa shape index (κ2) is 4.80. The average molecular weight is 192 g/mol. The van der Waals surface area contributed by atoms with Crippen LogP contribution in [0.2, 0.25) is 0 Å². The van der Waals surface area contributed by atoms with E-state index in [1.54, 1.807) is 0 Å². The zero-order valence-corrected chi connectivity index (χ0v) is 8.71. The Balaban J connectivity index is 2.62. The summed E-state index contributed by atoms with van der Waals surface area (Å²) in [5, 5.41) is 8.53. The number of hydrogen-bond donors (Lipinski definition) is 1. The molecule has 0 spiro atoms. The Labute approximate surface area is 84.6 Å². The minimum absolute atomic E-state index is 0.258. The van der Waals surface area contributed by atoms with Gasteiger partial charge in [-0.2, -0.15) is 0 Å². The first-order valence-electron chi connectivity index (χ1n) is 4.88. The van der Waals surface area contributed by atoms with Gasteiger partial charge in [0.1, 0.15) is 0 Å². The summed E-state index contributed by atoms with van der Waals surface area (Å²) in [5.74, 6) is -0.712. The summed E-state index contributed by atoms with van der Waals surface area (Å²) in [4.78, 5) is 10.4. The molecule has 0 aromatic heterocycles. The molecule has 0 atom stereocenters. The lowest BCUT2D eigenvalue weighted by molar-refractivity contribution is -0.137. The Morgan fingerprint density at radius 1 is 1.29 bits per heavy atom. The average Bonchev–Trinajstić information content (AvgIpc) is 2.09. The lowest BCUT2D eigenvalue weighted by Gasteiger charge is -2.08. The first kappa shape index (κ1) is 10.8. The highest BCUT2D eigenvalue weighted by Crippen LogP contribution is 2.15. The first-order valence-corrected chi connectivity index (χ1v) is 4.88. The maximum absolute atomic E-state index is 10.4. The van der Waals surface area contributed by atoms with Gasteiger partial charge in [0, 0.05) is 6.42 Å². The molecule has 0 radical (unpaired) electrons. The van der Waals surface area contributed by atoms with Gasteiger partial charge in [0.2, 0.25) is 0 Å². The molecule has 0 saturated heterocycles. The summed E-state index contributed by atoms with van der Waals surface area (Å²) in [6.45, 7) is 4.15. The molecule has 1 aromatic rings. The van der Waals surface area contributed by atoms with E-state index in [9.17, 15) is 4.79 Å². The largest absolute Gasteiger partial charge is 0.481 e. The van der Waals surface area contributed by atoms with Gasteiger partial charge >= 0.3 is 5.97 Å². The highest BCUT2D eigenvalue weighted by molar-refractivity contribution is 5.66. The second-order valence-corrected chi connectivity index (χ2v) is 3.62. The molecule has 0 unspecified atom stereocenters. The number of aryl methyl sites for hydroxylation is 2. The molecule has 0 aliphatic rings. The fraction of sp³-hybridized carbons (Fsp3) is 0.417. The van der Waals surface area contributed by atoms with Gasteiger partial charge in [-0.3, -0.25) is 4.79 Å². The molecule has 1 aromatic carbocycles. The normalized spacial score (nSPS) is 10.1. The molecule has 0 amide bonds. The second-order valence-electron chi connectivity index (χ2n) is 3.62. The topological polar surface area (TPSA) is 37.3 Å². The Hall–Kier alpha value is -1.31. The molecule has 1 rings (SSSR count). The van der Waals surface area contributed by atoms with Crippen LogP contribution in [-0.2, 0) is 11.2 Å². The van der Waals surface area contributed by atoms with E-state index in [1.807, 2.05) is 6.07 Å². The van der Waals surface area contributed by atoms with Crippen molar-refractivity contribution in [3.05, 3.63) is 34.9 Å². The van der Waals surface area contributed by atoms with E-state index in [4.69, 9.17) is 5.11 Å². The van der Waals surface area contributed by atoms with Crippen LogP contribution in [0, 0.1) is 13.8 Å². The van der Waals surface area contributed by atoms with Crippen LogP contribution < -0.4 is 0 Å². The van der Waals surface area contributed by atoms with Crippen LogP contribution in [0.15, 0.2) is 18.2 Å². The highest BCUT2D eigenvalue weighted by Gasteiger charge is 2.03. The van der Waals surface area contributed by atoms with E-state index in [-0.39, 0.29) is 6.42 Å². The van der Waals surface area contributed by atoms with E-state index in [0.717, 1.165) is 12.8 Å². The van der Waals surface area contributed by atoms with Gasteiger partial charge in [-0.05, 0) is 43.4 Å². The van der Waals surface area contributed by atoms with Crippen LogP contribution in [0.5, 0.6) is 0 Å². The van der Waals surface area contributed by atoms with Crippen LogP contribution in [0.1, 0.15) is 29.5 Å². The first-order chi connectivity index (χ1) is 6.61. The quantitative estimate of drug-likeness (QED) is 0.796.